The molecule has 0 radical (unpaired) electrons. The van der Waals surface area contributed by atoms with Crippen LogP contribution in [0.25, 0.3) is 0 Å². The molecule has 0 aromatic carbocycles. The molecule has 0 fully saturated rings. The van der Waals surface area contributed by atoms with Crippen LogP contribution in [-0.2, 0) is 9.53 Å². The fourth-order valence-electron chi connectivity index (χ4n) is 2.48. The van der Waals surface area contributed by atoms with Gasteiger partial charge in [0.1, 0.15) is 6.04 Å². The van der Waals surface area contributed by atoms with Crippen LogP contribution in [0.5, 0.6) is 0 Å². The Hall–Kier alpha value is -0.570. The summed E-state index contributed by atoms with van der Waals surface area (Å²) in [5.41, 5.74) is 5.73. The first kappa shape index (κ1) is 21.4. The number of ether oxygens (including phenoxy) is 1. The molecule has 2 N–H and O–H groups in total. The Morgan fingerprint density at radius 3 is 1.64 bits per heavy atom. The summed E-state index contributed by atoms with van der Waals surface area (Å²) < 4.78 is 5.19. The van der Waals surface area contributed by atoms with E-state index in [0.29, 0.717) is 6.61 Å². The van der Waals surface area contributed by atoms with E-state index in [9.17, 15) is 4.79 Å². The summed E-state index contributed by atoms with van der Waals surface area (Å²) in [6, 6.07) is -0.475. The topological polar surface area (TPSA) is 52.3 Å². The first-order chi connectivity index (χ1) is 10.6. The molecule has 0 aliphatic heterocycles. The second kappa shape index (κ2) is 15.3. The monoisotopic (exact) mass is 313 g/mol. The average Bonchev–Trinajstić information content (AvgIpc) is 2.50. The fraction of sp³-hybridized carbons (Fsp3) is 0.947. The molecule has 0 heterocycles. The number of rotatable bonds is 15. The lowest BCUT2D eigenvalue weighted by Gasteiger charge is -2.14. The van der Waals surface area contributed by atoms with E-state index >= 15 is 0 Å². The molecular weight excluding hydrogens is 274 g/mol. The lowest BCUT2D eigenvalue weighted by atomic mass is 10.1. The molecule has 132 valence electrons. The molecule has 0 aliphatic carbocycles. The van der Waals surface area contributed by atoms with Crippen molar-refractivity contribution in [1.82, 2.24) is 0 Å². The summed E-state index contributed by atoms with van der Waals surface area (Å²) in [5.74, 6) is -0.104. The quantitative estimate of drug-likeness (QED) is 0.333. The van der Waals surface area contributed by atoms with Crippen LogP contribution in [-0.4, -0.2) is 18.6 Å². The van der Waals surface area contributed by atoms with Crippen molar-refractivity contribution in [3.63, 3.8) is 0 Å². The van der Waals surface area contributed by atoms with Crippen molar-refractivity contribution in [2.75, 3.05) is 6.61 Å². The lowest BCUT2D eigenvalue weighted by Crippen LogP contribution is -2.37. The highest BCUT2D eigenvalue weighted by molar-refractivity contribution is 5.75. The number of carbonyl (C=O) groups excluding carboxylic acids is 1. The SMILES string of the molecule is CCCCCCCCCCCCCCOC(=O)C(N)C(C)C. The Bertz CT molecular complexity index is 254. The molecule has 22 heavy (non-hydrogen) atoms. The van der Waals surface area contributed by atoms with Gasteiger partial charge in [0.15, 0.2) is 0 Å². The highest BCUT2D eigenvalue weighted by atomic mass is 16.5. The third-order valence-corrected chi connectivity index (χ3v) is 4.23. The molecule has 0 spiro atoms. The molecule has 0 bridgehead atoms. The zero-order chi connectivity index (χ0) is 16.6. The molecule has 0 amide bonds. The number of nitrogens with two attached hydrogens (primary N) is 1. The predicted molar refractivity (Wildman–Crippen MR) is 94.9 cm³/mol. The highest BCUT2D eigenvalue weighted by Crippen LogP contribution is 2.12. The summed E-state index contributed by atoms with van der Waals surface area (Å²) in [5, 5.41) is 0. The maximum Gasteiger partial charge on any atom is 0.323 e. The first-order valence-corrected chi connectivity index (χ1v) is 9.51. The maximum atomic E-state index is 11.5. The van der Waals surface area contributed by atoms with E-state index in [4.69, 9.17) is 10.5 Å². The van der Waals surface area contributed by atoms with Gasteiger partial charge in [-0.25, -0.2) is 0 Å². The zero-order valence-electron chi connectivity index (χ0n) is 15.2. The highest BCUT2D eigenvalue weighted by Gasteiger charge is 2.18. The minimum absolute atomic E-state index is 0.148. The van der Waals surface area contributed by atoms with Gasteiger partial charge in [0, 0.05) is 0 Å². The van der Waals surface area contributed by atoms with E-state index < -0.39 is 6.04 Å². The number of carbonyl (C=O) groups is 1. The molecule has 0 aromatic rings. The molecule has 0 saturated carbocycles. The third-order valence-electron chi connectivity index (χ3n) is 4.23. The van der Waals surface area contributed by atoms with Crippen molar-refractivity contribution in [3.05, 3.63) is 0 Å². The van der Waals surface area contributed by atoms with Gasteiger partial charge in [-0.05, 0) is 12.3 Å². The van der Waals surface area contributed by atoms with Crippen molar-refractivity contribution in [1.29, 1.82) is 0 Å². The normalized spacial score (nSPS) is 12.6. The van der Waals surface area contributed by atoms with E-state index in [1.165, 1.54) is 64.2 Å². The smallest absolute Gasteiger partial charge is 0.323 e. The van der Waals surface area contributed by atoms with Crippen LogP contribution in [0.3, 0.4) is 0 Å². The van der Waals surface area contributed by atoms with Crippen LogP contribution >= 0.6 is 0 Å². The van der Waals surface area contributed by atoms with Crippen LogP contribution in [0.4, 0.5) is 0 Å². The molecule has 0 saturated heterocycles. The van der Waals surface area contributed by atoms with Crippen LogP contribution in [0.1, 0.15) is 97.8 Å². The minimum atomic E-state index is -0.475. The molecule has 0 aromatic heterocycles. The van der Waals surface area contributed by atoms with Crippen LogP contribution < -0.4 is 5.73 Å². The van der Waals surface area contributed by atoms with Gasteiger partial charge in [-0.3, -0.25) is 4.79 Å². The molecule has 3 heteroatoms. The number of unbranched alkanes of at least 4 members (excludes halogenated alkanes) is 11. The standard InChI is InChI=1S/C19H39NO2/c1-4-5-6-7-8-9-10-11-12-13-14-15-16-22-19(21)18(20)17(2)3/h17-18H,4-16,20H2,1-3H3. The second-order valence-corrected chi connectivity index (χ2v) is 6.83. The van der Waals surface area contributed by atoms with Gasteiger partial charge in [0.2, 0.25) is 0 Å². The summed E-state index contributed by atoms with van der Waals surface area (Å²) in [7, 11) is 0. The Morgan fingerprint density at radius 1 is 0.818 bits per heavy atom. The molecule has 1 unspecified atom stereocenters. The Labute approximate surface area is 138 Å². The van der Waals surface area contributed by atoms with Gasteiger partial charge < -0.3 is 10.5 Å². The van der Waals surface area contributed by atoms with Gasteiger partial charge in [0.05, 0.1) is 6.61 Å². The Kier molecular flexibility index (Phi) is 14.9. The second-order valence-electron chi connectivity index (χ2n) is 6.83. The third kappa shape index (κ3) is 13.1. The van der Waals surface area contributed by atoms with Crippen molar-refractivity contribution in [2.24, 2.45) is 11.7 Å². The van der Waals surface area contributed by atoms with E-state index in [1.807, 2.05) is 13.8 Å². The summed E-state index contributed by atoms with van der Waals surface area (Å²) in [4.78, 5) is 11.5. The van der Waals surface area contributed by atoms with Gasteiger partial charge >= 0.3 is 5.97 Å². The van der Waals surface area contributed by atoms with Crippen LogP contribution in [0.2, 0.25) is 0 Å². The van der Waals surface area contributed by atoms with E-state index in [1.54, 1.807) is 0 Å². The largest absolute Gasteiger partial charge is 0.465 e. The number of hydrogen-bond acceptors (Lipinski definition) is 3. The minimum Gasteiger partial charge on any atom is -0.465 e. The summed E-state index contributed by atoms with van der Waals surface area (Å²) in [6.45, 7) is 6.67. The fourth-order valence-corrected chi connectivity index (χ4v) is 2.48. The number of esters is 1. The van der Waals surface area contributed by atoms with Crippen molar-refractivity contribution in [3.8, 4) is 0 Å². The zero-order valence-corrected chi connectivity index (χ0v) is 15.2. The molecule has 0 aliphatic rings. The van der Waals surface area contributed by atoms with Crippen molar-refractivity contribution < 1.29 is 9.53 Å². The van der Waals surface area contributed by atoms with E-state index in [0.717, 1.165) is 12.8 Å². The summed E-state index contributed by atoms with van der Waals surface area (Å²) in [6.07, 6.45) is 15.8. The van der Waals surface area contributed by atoms with Crippen molar-refractivity contribution in [2.45, 2.75) is 104 Å². The van der Waals surface area contributed by atoms with Crippen LogP contribution in [0, 0.1) is 5.92 Å². The van der Waals surface area contributed by atoms with Gasteiger partial charge in [-0.15, -0.1) is 0 Å². The molecule has 0 rings (SSSR count). The Balaban J connectivity index is 3.19. The Morgan fingerprint density at radius 2 is 1.23 bits per heavy atom. The lowest BCUT2D eigenvalue weighted by molar-refractivity contribution is -0.146. The van der Waals surface area contributed by atoms with Gasteiger partial charge in [0.25, 0.3) is 0 Å². The molecular formula is C19H39NO2. The van der Waals surface area contributed by atoms with Crippen LogP contribution in [0.15, 0.2) is 0 Å². The average molecular weight is 314 g/mol. The van der Waals surface area contributed by atoms with E-state index in [-0.39, 0.29) is 11.9 Å². The summed E-state index contributed by atoms with van der Waals surface area (Å²) >= 11 is 0. The molecule has 3 nitrogen and oxygen atoms in total. The maximum absolute atomic E-state index is 11.5. The number of hydrogen-bond donors (Lipinski definition) is 1. The first-order valence-electron chi connectivity index (χ1n) is 9.51. The van der Waals surface area contributed by atoms with Gasteiger partial charge in [-0.2, -0.15) is 0 Å². The molecule has 1 atom stereocenters. The van der Waals surface area contributed by atoms with E-state index in [2.05, 4.69) is 6.92 Å². The predicted octanol–water partition coefficient (Wildman–Crippen LogP) is 5.21. The van der Waals surface area contributed by atoms with Crippen molar-refractivity contribution >= 4 is 5.97 Å². The van der Waals surface area contributed by atoms with Gasteiger partial charge in [-0.1, -0.05) is 91.4 Å².